The number of rotatable bonds is 8. The van der Waals surface area contributed by atoms with Gasteiger partial charge in [0.2, 0.25) is 5.91 Å². The number of hydrogen-bond donors (Lipinski definition) is 2. The predicted octanol–water partition coefficient (Wildman–Crippen LogP) is 5.54. The first-order chi connectivity index (χ1) is 17.0. The van der Waals surface area contributed by atoms with Crippen LogP contribution in [0.1, 0.15) is 45.7 Å². The molecule has 0 aliphatic heterocycles. The number of aromatic nitrogens is 1. The van der Waals surface area contributed by atoms with Crippen molar-refractivity contribution < 1.29 is 27.9 Å². The molecule has 0 spiro atoms. The number of aliphatic hydroxyl groups excluding tert-OH is 1. The van der Waals surface area contributed by atoms with Crippen molar-refractivity contribution in [2.75, 3.05) is 13.2 Å². The number of halogens is 3. The van der Waals surface area contributed by atoms with E-state index in [1.807, 2.05) is 32.0 Å². The Hall–Kier alpha value is -3.00. The Morgan fingerprint density at radius 3 is 2.56 bits per heavy atom. The lowest BCUT2D eigenvalue weighted by Gasteiger charge is -2.47. The molecule has 196 valence electrons. The highest BCUT2D eigenvalue weighted by molar-refractivity contribution is 5.97. The van der Waals surface area contributed by atoms with Crippen LogP contribution in [0.5, 0.6) is 0 Å². The molecule has 0 saturated heterocycles. The lowest BCUT2D eigenvalue weighted by molar-refractivity contribution is -0.173. The van der Waals surface area contributed by atoms with Crippen LogP contribution in [0.3, 0.4) is 0 Å². The van der Waals surface area contributed by atoms with Crippen LogP contribution in [0, 0.1) is 29.0 Å². The molecule has 1 aliphatic rings. The van der Waals surface area contributed by atoms with Crippen LogP contribution in [0.4, 0.5) is 13.2 Å². The maximum absolute atomic E-state index is 14.1. The first-order valence-corrected chi connectivity index (χ1v) is 12.1. The van der Waals surface area contributed by atoms with Crippen molar-refractivity contribution in [2.45, 2.75) is 46.0 Å². The summed E-state index contributed by atoms with van der Waals surface area (Å²) in [5.74, 6) is -5.23. The summed E-state index contributed by atoms with van der Waals surface area (Å²) in [5, 5.41) is 11.2. The predicted molar refractivity (Wildman–Crippen MR) is 135 cm³/mol. The number of hydrogen-bond acceptors (Lipinski definition) is 4. The molecule has 1 aliphatic carbocycles. The van der Waals surface area contributed by atoms with Crippen LogP contribution in [0.25, 0.3) is 17.2 Å². The Morgan fingerprint density at radius 2 is 2.03 bits per heavy atom. The number of aldehydes is 1. The van der Waals surface area contributed by atoms with E-state index in [-0.39, 0.29) is 31.3 Å². The van der Waals surface area contributed by atoms with Gasteiger partial charge in [-0.15, -0.1) is 0 Å². The molecule has 0 radical (unpaired) electrons. The monoisotopic (exact) mass is 504 g/mol. The topological polar surface area (TPSA) is 79.3 Å². The van der Waals surface area contributed by atoms with Crippen molar-refractivity contribution in [3.8, 4) is 11.1 Å². The zero-order valence-electron chi connectivity index (χ0n) is 21.0. The molecule has 0 bridgehead atoms. The number of carbonyl (C=O) groups excluding carboxylic acids is 2. The second-order valence-electron chi connectivity index (χ2n) is 9.39. The van der Waals surface area contributed by atoms with E-state index >= 15 is 0 Å². The van der Waals surface area contributed by atoms with Crippen molar-refractivity contribution in [3.05, 3.63) is 60.7 Å². The normalized spacial score (nSPS) is 23.5. The third kappa shape index (κ3) is 6.81. The van der Waals surface area contributed by atoms with Crippen LogP contribution in [0.15, 0.2) is 49.2 Å². The summed E-state index contributed by atoms with van der Waals surface area (Å²) < 4.78 is 41.2. The Labute approximate surface area is 210 Å². The average Bonchev–Trinajstić information content (AvgIpc) is 2.88. The van der Waals surface area contributed by atoms with Gasteiger partial charge in [-0.05, 0) is 48.1 Å². The van der Waals surface area contributed by atoms with Crippen LogP contribution >= 0.6 is 0 Å². The van der Waals surface area contributed by atoms with Gasteiger partial charge in [0.15, 0.2) is 0 Å². The Bertz CT molecular complexity index is 1030. The van der Waals surface area contributed by atoms with Gasteiger partial charge < -0.3 is 15.2 Å². The lowest BCUT2D eigenvalue weighted by atomic mass is 9.58. The van der Waals surface area contributed by atoms with Crippen molar-refractivity contribution in [2.24, 2.45) is 23.2 Å². The number of nitrogens with zero attached hydrogens (tertiary/aromatic N) is 1. The molecule has 2 aromatic rings. The SMILES string of the molecule is C=Cc1ccc(-c2cccc(F)c2)cn1.CCC(C)C1CC(C)C(F)(F)CC1(C=O)C(=O)NCCO. The van der Waals surface area contributed by atoms with Crippen molar-refractivity contribution in [3.63, 3.8) is 0 Å². The molecular weight excluding hydrogens is 469 g/mol. The Morgan fingerprint density at radius 1 is 1.31 bits per heavy atom. The highest BCUT2D eigenvalue weighted by Gasteiger charge is 2.59. The van der Waals surface area contributed by atoms with E-state index < -0.39 is 35.5 Å². The molecule has 1 saturated carbocycles. The smallest absolute Gasteiger partial charge is 0.252 e. The van der Waals surface area contributed by atoms with E-state index in [4.69, 9.17) is 5.11 Å². The highest BCUT2D eigenvalue weighted by Crippen LogP contribution is 2.53. The first kappa shape index (κ1) is 29.2. The molecule has 1 aromatic heterocycles. The molecule has 2 N–H and O–H groups in total. The molecule has 4 unspecified atom stereocenters. The van der Waals surface area contributed by atoms with Gasteiger partial charge in [-0.3, -0.25) is 9.78 Å². The summed E-state index contributed by atoms with van der Waals surface area (Å²) in [5.41, 5.74) is 0.842. The summed E-state index contributed by atoms with van der Waals surface area (Å²) in [6.45, 7) is 8.57. The number of aliphatic hydroxyl groups is 1. The summed E-state index contributed by atoms with van der Waals surface area (Å²) in [6.07, 6.45) is 3.90. The minimum Gasteiger partial charge on any atom is -0.395 e. The van der Waals surface area contributed by atoms with E-state index in [1.165, 1.54) is 19.1 Å². The standard InChI is InChI=1S/C15H25F2NO3.C13H10FN/c1-4-10(2)12-7-11(3)15(16,17)8-14(12,9-20)13(21)18-5-6-19;1-2-13-7-6-11(9-15-13)10-4-3-5-12(14)8-10/h9-12,19H,4-8H2,1-3H3,(H,18,21);2-9H,1H2. The maximum atomic E-state index is 14.1. The number of alkyl halides is 2. The van der Waals surface area contributed by atoms with Crippen LogP contribution in [0.2, 0.25) is 0 Å². The zero-order valence-corrected chi connectivity index (χ0v) is 21.0. The average molecular weight is 505 g/mol. The number of carbonyl (C=O) groups is 2. The van der Waals surface area contributed by atoms with Gasteiger partial charge in [0.05, 0.1) is 12.3 Å². The molecule has 8 heteroatoms. The summed E-state index contributed by atoms with van der Waals surface area (Å²) >= 11 is 0. The number of nitrogens with one attached hydrogen (secondary N) is 1. The first-order valence-electron chi connectivity index (χ1n) is 12.1. The van der Waals surface area contributed by atoms with E-state index in [2.05, 4.69) is 16.9 Å². The fourth-order valence-corrected chi connectivity index (χ4v) is 4.61. The molecule has 1 heterocycles. The number of benzene rings is 1. The van der Waals surface area contributed by atoms with E-state index in [0.29, 0.717) is 12.7 Å². The van der Waals surface area contributed by atoms with Gasteiger partial charge in [-0.2, -0.15) is 0 Å². The minimum atomic E-state index is -3.04. The van der Waals surface area contributed by atoms with Gasteiger partial charge in [0.1, 0.15) is 17.5 Å². The van der Waals surface area contributed by atoms with Gasteiger partial charge >= 0.3 is 0 Å². The fraction of sp³-hybridized carbons (Fsp3) is 0.464. The molecule has 1 aromatic carbocycles. The van der Waals surface area contributed by atoms with Crippen molar-refractivity contribution in [1.82, 2.24) is 10.3 Å². The lowest BCUT2D eigenvalue weighted by Crippen LogP contribution is -2.57. The number of amides is 1. The van der Waals surface area contributed by atoms with Gasteiger partial charge in [-0.1, -0.05) is 52.0 Å². The fourth-order valence-electron chi connectivity index (χ4n) is 4.61. The second kappa shape index (κ2) is 12.8. The van der Waals surface area contributed by atoms with Crippen LogP contribution in [-0.2, 0) is 9.59 Å². The molecular formula is C28H35F3N2O3. The molecule has 1 amide bonds. The molecule has 5 nitrogen and oxygen atoms in total. The Balaban J connectivity index is 0.000000267. The summed E-state index contributed by atoms with van der Waals surface area (Å²) in [4.78, 5) is 28.2. The maximum Gasteiger partial charge on any atom is 0.252 e. The highest BCUT2D eigenvalue weighted by atomic mass is 19.3. The molecule has 36 heavy (non-hydrogen) atoms. The largest absolute Gasteiger partial charge is 0.395 e. The second-order valence-corrected chi connectivity index (χ2v) is 9.39. The Kier molecular flexibility index (Phi) is 10.4. The third-order valence-corrected chi connectivity index (χ3v) is 7.03. The van der Waals surface area contributed by atoms with Crippen molar-refractivity contribution >= 4 is 18.3 Å². The van der Waals surface area contributed by atoms with E-state index in [9.17, 15) is 22.8 Å². The van der Waals surface area contributed by atoms with Gasteiger partial charge in [0, 0.05) is 30.6 Å². The molecule has 1 fully saturated rings. The summed E-state index contributed by atoms with van der Waals surface area (Å²) in [6, 6.07) is 10.2. The van der Waals surface area contributed by atoms with Crippen molar-refractivity contribution in [1.29, 1.82) is 0 Å². The van der Waals surface area contributed by atoms with Gasteiger partial charge in [0.25, 0.3) is 5.92 Å². The zero-order chi connectivity index (χ0) is 26.9. The van der Waals surface area contributed by atoms with Crippen LogP contribution in [-0.4, -0.2) is 41.4 Å². The quantitative estimate of drug-likeness (QED) is 0.366. The third-order valence-electron chi connectivity index (χ3n) is 7.03. The molecule has 4 atom stereocenters. The number of pyridine rings is 1. The van der Waals surface area contributed by atoms with E-state index in [1.54, 1.807) is 18.3 Å². The molecule has 3 rings (SSSR count). The summed E-state index contributed by atoms with van der Waals surface area (Å²) in [7, 11) is 0. The van der Waals surface area contributed by atoms with E-state index in [0.717, 1.165) is 16.8 Å². The minimum absolute atomic E-state index is 0.00590. The van der Waals surface area contributed by atoms with Crippen LogP contribution < -0.4 is 5.32 Å². The van der Waals surface area contributed by atoms with Gasteiger partial charge in [-0.25, -0.2) is 13.2 Å².